The highest BCUT2D eigenvalue weighted by Gasteiger charge is 2.29. The Morgan fingerprint density at radius 1 is 1.00 bits per heavy atom. The molecule has 2 aliphatic carbocycles. The molecule has 1 saturated carbocycles. The van der Waals surface area contributed by atoms with Crippen molar-refractivity contribution in [2.75, 3.05) is 5.32 Å². The van der Waals surface area contributed by atoms with E-state index in [9.17, 15) is 9.18 Å². The molecule has 5 heterocycles. The number of aromatic nitrogens is 7. The number of nitrogens with one attached hydrogen (secondary N) is 3. The van der Waals surface area contributed by atoms with Gasteiger partial charge in [-0.3, -0.25) is 19.9 Å². The number of halogens is 1. The summed E-state index contributed by atoms with van der Waals surface area (Å²) in [5.74, 6) is 0.212. The van der Waals surface area contributed by atoms with Gasteiger partial charge >= 0.3 is 0 Å². The third-order valence-corrected chi connectivity index (χ3v) is 6.78. The van der Waals surface area contributed by atoms with E-state index in [-0.39, 0.29) is 11.8 Å². The van der Waals surface area contributed by atoms with E-state index < -0.39 is 12.1 Å². The molecule has 37 heavy (non-hydrogen) atoms. The molecule has 5 aromatic rings. The number of carbonyl (C=O) groups excluding carboxylic acids is 1. The van der Waals surface area contributed by atoms with Crippen LogP contribution in [0.2, 0.25) is 0 Å². The SMILES string of the molecule is O=C(Nc1cncc(-c2cnc3[nH]nc(-c4nc5c(C6C=CC=CC6F)cncc5[nH]4)c3c2)c1)C1CC1. The first kappa shape index (κ1) is 21.5. The van der Waals surface area contributed by atoms with Crippen molar-refractivity contribution in [2.45, 2.75) is 24.9 Å². The average Bonchev–Trinajstić information content (AvgIpc) is 3.55. The first-order valence-corrected chi connectivity index (χ1v) is 12.1. The van der Waals surface area contributed by atoms with Crippen molar-refractivity contribution in [1.29, 1.82) is 0 Å². The zero-order chi connectivity index (χ0) is 24.9. The van der Waals surface area contributed by atoms with Crippen molar-refractivity contribution in [1.82, 2.24) is 35.1 Å². The average molecular weight is 493 g/mol. The molecule has 1 fully saturated rings. The van der Waals surface area contributed by atoms with Crippen LogP contribution in [0.5, 0.6) is 0 Å². The van der Waals surface area contributed by atoms with Crippen LogP contribution in [0.4, 0.5) is 10.1 Å². The van der Waals surface area contributed by atoms with Crippen LogP contribution in [0.3, 0.4) is 0 Å². The lowest BCUT2D eigenvalue weighted by molar-refractivity contribution is -0.117. The number of anilines is 1. The highest BCUT2D eigenvalue weighted by Crippen LogP contribution is 2.34. The second-order valence-corrected chi connectivity index (χ2v) is 9.37. The number of carbonyl (C=O) groups is 1. The smallest absolute Gasteiger partial charge is 0.227 e. The van der Waals surface area contributed by atoms with Crippen molar-refractivity contribution < 1.29 is 9.18 Å². The van der Waals surface area contributed by atoms with Crippen LogP contribution < -0.4 is 5.32 Å². The largest absolute Gasteiger partial charge is 0.335 e. The minimum Gasteiger partial charge on any atom is -0.335 e. The molecular formula is C27H21FN8O. The van der Waals surface area contributed by atoms with Gasteiger partial charge in [0.2, 0.25) is 5.91 Å². The Balaban J connectivity index is 1.27. The minimum absolute atomic E-state index is 0.0298. The normalized spacial score (nSPS) is 19.1. The molecule has 0 aliphatic heterocycles. The van der Waals surface area contributed by atoms with Crippen LogP contribution in [0.1, 0.15) is 24.3 Å². The molecule has 0 radical (unpaired) electrons. The second kappa shape index (κ2) is 8.44. The Morgan fingerprint density at radius 3 is 2.70 bits per heavy atom. The molecule has 3 N–H and O–H groups in total. The molecule has 0 spiro atoms. The number of hydrogen-bond acceptors (Lipinski definition) is 6. The fourth-order valence-corrected chi connectivity index (χ4v) is 4.66. The molecule has 5 aromatic heterocycles. The summed E-state index contributed by atoms with van der Waals surface area (Å²) in [5.41, 5.74) is 5.55. The van der Waals surface area contributed by atoms with Gasteiger partial charge in [0.1, 0.15) is 11.9 Å². The van der Waals surface area contributed by atoms with Gasteiger partial charge in [0.25, 0.3) is 0 Å². The highest BCUT2D eigenvalue weighted by atomic mass is 19.1. The third kappa shape index (κ3) is 3.86. The Morgan fingerprint density at radius 2 is 1.84 bits per heavy atom. The fraction of sp³-hybridized carbons (Fsp3) is 0.185. The number of rotatable bonds is 5. The lowest BCUT2D eigenvalue weighted by Gasteiger charge is -2.17. The summed E-state index contributed by atoms with van der Waals surface area (Å²) >= 11 is 0. The van der Waals surface area contributed by atoms with Gasteiger partial charge < -0.3 is 10.3 Å². The second-order valence-electron chi connectivity index (χ2n) is 9.37. The van der Waals surface area contributed by atoms with Crippen LogP contribution in [0, 0.1) is 5.92 Å². The van der Waals surface area contributed by atoms with E-state index in [2.05, 4.69) is 35.5 Å². The molecule has 7 rings (SSSR count). The van der Waals surface area contributed by atoms with Gasteiger partial charge in [-0.1, -0.05) is 18.2 Å². The number of hydrogen-bond donors (Lipinski definition) is 3. The molecule has 2 unspecified atom stereocenters. The van der Waals surface area contributed by atoms with Gasteiger partial charge in [0.15, 0.2) is 11.5 Å². The predicted molar refractivity (Wildman–Crippen MR) is 137 cm³/mol. The van der Waals surface area contributed by atoms with Gasteiger partial charge in [0.05, 0.1) is 34.5 Å². The molecule has 0 aromatic carbocycles. The predicted octanol–water partition coefficient (Wildman–Crippen LogP) is 4.85. The standard InChI is InChI=1S/C27H21FN8O/c28-21-4-2-1-3-18(21)20-12-30-13-22-23(20)34-26(33-22)24-19-8-16(10-31-25(19)36-35-24)15-7-17(11-29-9-15)32-27(37)14-5-6-14/h1-4,7-14,18,21H,5-6H2,(H,32,37)(H,33,34)(H,31,35,36). The summed E-state index contributed by atoms with van der Waals surface area (Å²) in [7, 11) is 0. The molecular weight excluding hydrogens is 471 g/mol. The molecule has 182 valence electrons. The Hall–Kier alpha value is -4.73. The van der Waals surface area contributed by atoms with Crippen molar-refractivity contribution in [2.24, 2.45) is 5.92 Å². The lowest BCUT2D eigenvalue weighted by Crippen LogP contribution is -2.13. The lowest BCUT2D eigenvalue weighted by atomic mass is 9.91. The summed E-state index contributed by atoms with van der Waals surface area (Å²) in [4.78, 5) is 33.4. The van der Waals surface area contributed by atoms with E-state index in [1.54, 1.807) is 37.1 Å². The van der Waals surface area contributed by atoms with Crippen molar-refractivity contribution >= 4 is 33.7 Å². The molecule has 9 nitrogen and oxygen atoms in total. The van der Waals surface area contributed by atoms with E-state index in [1.165, 1.54) is 6.08 Å². The van der Waals surface area contributed by atoms with Crippen LogP contribution in [-0.4, -0.2) is 47.2 Å². The van der Waals surface area contributed by atoms with E-state index in [1.807, 2.05) is 24.3 Å². The zero-order valence-corrected chi connectivity index (χ0v) is 19.5. The van der Waals surface area contributed by atoms with Crippen LogP contribution >= 0.6 is 0 Å². The molecule has 0 saturated heterocycles. The maximum Gasteiger partial charge on any atom is 0.227 e. The first-order valence-electron chi connectivity index (χ1n) is 12.1. The minimum atomic E-state index is -1.14. The maximum atomic E-state index is 14.6. The van der Waals surface area contributed by atoms with E-state index in [4.69, 9.17) is 4.98 Å². The number of allylic oxidation sites excluding steroid dienone is 4. The number of nitrogens with zero attached hydrogens (tertiary/aromatic N) is 5. The van der Waals surface area contributed by atoms with Gasteiger partial charge in [-0.2, -0.15) is 5.10 Å². The number of H-pyrrole nitrogens is 2. The number of imidazole rings is 1. The van der Waals surface area contributed by atoms with Gasteiger partial charge in [-0.15, -0.1) is 0 Å². The van der Waals surface area contributed by atoms with Gasteiger partial charge in [-0.05, 0) is 31.1 Å². The van der Waals surface area contributed by atoms with Crippen molar-refractivity contribution in [3.8, 4) is 22.6 Å². The molecule has 2 atom stereocenters. The van der Waals surface area contributed by atoms with Crippen LogP contribution in [0.25, 0.3) is 44.7 Å². The first-order chi connectivity index (χ1) is 18.1. The highest BCUT2D eigenvalue weighted by molar-refractivity contribution is 5.96. The maximum absolute atomic E-state index is 14.6. The summed E-state index contributed by atoms with van der Waals surface area (Å²) in [6.45, 7) is 0. The number of fused-ring (bicyclic) bond motifs is 2. The Labute approximate surface area is 210 Å². The Kier molecular flexibility index (Phi) is 4.91. The van der Waals surface area contributed by atoms with Gasteiger partial charge in [0, 0.05) is 47.1 Å². The fourth-order valence-electron chi connectivity index (χ4n) is 4.66. The monoisotopic (exact) mass is 492 g/mol. The molecule has 10 heteroatoms. The zero-order valence-electron chi connectivity index (χ0n) is 19.5. The summed E-state index contributed by atoms with van der Waals surface area (Å²) in [6.07, 6.45) is 16.1. The summed E-state index contributed by atoms with van der Waals surface area (Å²) in [5, 5.41) is 11.1. The summed E-state index contributed by atoms with van der Waals surface area (Å²) in [6, 6.07) is 3.85. The van der Waals surface area contributed by atoms with Gasteiger partial charge in [-0.25, -0.2) is 14.4 Å². The van der Waals surface area contributed by atoms with E-state index in [0.29, 0.717) is 39.4 Å². The molecule has 2 aliphatic rings. The van der Waals surface area contributed by atoms with E-state index in [0.717, 1.165) is 29.4 Å². The topological polar surface area (TPSA) is 125 Å². The molecule has 1 amide bonds. The number of alkyl halides is 1. The Bertz CT molecular complexity index is 1730. The molecule has 0 bridgehead atoms. The number of amides is 1. The quantitative estimate of drug-likeness (QED) is 0.322. The van der Waals surface area contributed by atoms with Crippen LogP contribution in [-0.2, 0) is 4.79 Å². The van der Waals surface area contributed by atoms with E-state index >= 15 is 0 Å². The number of pyridine rings is 3. The van der Waals surface area contributed by atoms with Crippen molar-refractivity contribution in [3.05, 3.63) is 73.0 Å². The number of aromatic amines is 2. The van der Waals surface area contributed by atoms with Crippen LogP contribution in [0.15, 0.2) is 67.4 Å². The van der Waals surface area contributed by atoms with Crippen molar-refractivity contribution in [3.63, 3.8) is 0 Å². The third-order valence-electron chi connectivity index (χ3n) is 6.78. The summed E-state index contributed by atoms with van der Waals surface area (Å²) < 4.78 is 14.6.